The summed E-state index contributed by atoms with van der Waals surface area (Å²) in [5.41, 5.74) is 8.45. The highest BCUT2D eigenvalue weighted by molar-refractivity contribution is 5.25. The third-order valence-electron chi connectivity index (χ3n) is 3.32. The van der Waals surface area contributed by atoms with Gasteiger partial charge in [-0.25, -0.2) is 0 Å². The van der Waals surface area contributed by atoms with Crippen LogP contribution in [0.25, 0.3) is 0 Å². The van der Waals surface area contributed by atoms with E-state index in [4.69, 9.17) is 5.73 Å². The first kappa shape index (κ1) is 11.6. The molecule has 0 aliphatic heterocycles. The molecule has 1 unspecified atom stereocenters. The van der Waals surface area contributed by atoms with Crippen molar-refractivity contribution in [2.75, 3.05) is 13.1 Å². The average Bonchev–Trinajstić information content (AvgIpc) is 3.08. The molecule has 0 amide bonds. The first-order valence-corrected chi connectivity index (χ1v) is 6.29. The maximum Gasteiger partial charge on any atom is 0.0444 e. The minimum absolute atomic E-state index is 0.318. The van der Waals surface area contributed by atoms with Gasteiger partial charge in [0.05, 0.1) is 0 Å². The van der Waals surface area contributed by atoms with E-state index in [1.165, 1.54) is 30.4 Å². The van der Waals surface area contributed by atoms with Gasteiger partial charge >= 0.3 is 0 Å². The van der Waals surface area contributed by atoms with Gasteiger partial charge in [-0.2, -0.15) is 0 Å². The fraction of sp³-hybridized carbons (Fsp3) is 0.571. The van der Waals surface area contributed by atoms with E-state index >= 15 is 0 Å². The molecule has 1 aromatic carbocycles. The monoisotopic (exact) mass is 218 g/mol. The Morgan fingerprint density at radius 1 is 1.44 bits per heavy atom. The second-order valence-corrected chi connectivity index (χ2v) is 4.89. The molecule has 0 radical (unpaired) electrons. The second kappa shape index (κ2) is 5.46. The van der Waals surface area contributed by atoms with E-state index in [9.17, 15) is 0 Å². The van der Waals surface area contributed by atoms with Crippen LogP contribution in [0.5, 0.6) is 0 Å². The van der Waals surface area contributed by atoms with E-state index in [0.717, 1.165) is 12.5 Å². The van der Waals surface area contributed by atoms with E-state index < -0.39 is 0 Å². The fourth-order valence-corrected chi connectivity index (χ4v) is 2.09. The van der Waals surface area contributed by atoms with Crippen molar-refractivity contribution in [2.45, 2.75) is 32.2 Å². The van der Waals surface area contributed by atoms with E-state index in [-0.39, 0.29) is 0 Å². The van der Waals surface area contributed by atoms with Crippen molar-refractivity contribution in [3.05, 3.63) is 35.4 Å². The quantitative estimate of drug-likeness (QED) is 0.769. The smallest absolute Gasteiger partial charge is 0.0444 e. The van der Waals surface area contributed by atoms with Crippen molar-refractivity contribution in [2.24, 2.45) is 11.7 Å². The summed E-state index contributed by atoms with van der Waals surface area (Å²) in [6, 6.07) is 8.94. The number of hydrogen-bond donors (Lipinski definition) is 2. The van der Waals surface area contributed by atoms with Crippen LogP contribution in [0.4, 0.5) is 0 Å². The van der Waals surface area contributed by atoms with Gasteiger partial charge in [-0.3, -0.25) is 0 Å². The predicted octanol–water partition coefficient (Wildman–Crippen LogP) is 2.38. The molecule has 0 spiro atoms. The topological polar surface area (TPSA) is 38.0 Å². The zero-order valence-corrected chi connectivity index (χ0v) is 10.1. The first-order chi connectivity index (χ1) is 7.79. The number of nitrogens with one attached hydrogen (secondary N) is 1. The Labute approximate surface area is 98.2 Å². The largest absolute Gasteiger partial charge is 0.329 e. The minimum Gasteiger partial charge on any atom is -0.329 e. The zero-order chi connectivity index (χ0) is 11.4. The zero-order valence-electron chi connectivity index (χ0n) is 10.1. The Balaban J connectivity index is 1.87. The van der Waals surface area contributed by atoms with Crippen LogP contribution in [0.2, 0.25) is 0 Å². The van der Waals surface area contributed by atoms with Crippen LogP contribution in [-0.2, 0) is 0 Å². The van der Waals surface area contributed by atoms with Gasteiger partial charge in [-0.15, -0.1) is 0 Å². The molecule has 1 aromatic rings. The molecule has 0 heterocycles. The summed E-state index contributed by atoms with van der Waals surface area (Å²) in [6.07, 6.45) is 4.17. The predicted molar refractivity (Wildman–Crippen MR) is 68.3 cm³/mol. The van der Waals surface area contributed by atoms with E-state index in [1.807, 2.05) is 0 Å². The lowest BCUT2D eigenvalue weighted by Crippen LogP contribution is -2.29. The molecule has 2 rings (SSSR count). The van der Waals surface area contributed by atoms with Crippen molar-refractivity contribution < 1.29 is 0 Å². The normalized spacial score (nSPS) is 17.4. The van der Waals surface area contributed by atoms with Crippen molar-refractivity contribution in [1.82, 2.24) is 5.32 Å². The molecule has 88 valence electrons. The highest BCUT2D eigenvalue weighted by atomic mass is 14.9. The summed E-state index contributed by atoms with van der Waals surface area (Å²) in [7, 11) is 0. The third-order valence-corrected chi connectivity index (χ3v) is 3.32. The average molecular weight is 218 g/mol. The molecule has 1 aliphatic carbocycles. The molecular formula is C14H22N2. The lowest BCUT2D eigenvalue weighted by atomic mass is 10.0. The Morgan fingerprint density at radius 3 is 2.88 bits per heavy atom. The van der Waals surface area contributed by atoms with Gasteiger partial charge in [0.1, 0.15) is 0 Å². The number of nitrogens with two attached hydrogens (primary N) is 1. The molecule has 0 aromatic heterocycles. The standard InChI is InChI=1S/C14H22N2/c1-11-3-2-4-13(9-11)14(10-15)16-8-7-12-5-6-12/h2-4,9,12,14,16H,5-8,10,15H2,1H3. The van der Waals surface area contributed by atoms with Gasteiger partial charge in [0.25, 0.3) is 0 Å². The Kier molecular flexibility index (Phi) is 3.97. The maximum absolute atomic E-state index is 5.82. The number of benzene rings is 1. The Bertz CT molecular complexity index is 331. The van der Waals surface area contributed by atoms with Crippen LogP contribution in [-0.4, -0.2) is 13.1 Å². The second-order valence-electron chi connectivity index (χ2n) is 4.89. The van der Waals surface area contributed by atoms with E-state index in [0.29, 0.717) is 12.6 Å². The van der Waals surface area contributed by atoms with E-state index in [2.05, 4.69) is 36.5 Å². The summed E-state index contributed by atoms with van der Waals surface area (Å²) >= 11 is 0. The maximum atomic E-state index is 5.82. The molecule has 1 aliphatic rings. The van der Waals surface area contributed by atoms with Crippen molar-refractivity contribution in [3.63, 3.8) is 0 Å². The summed E-state index contributed by atoms with van der Waals surface area (Å²) in [4.78, 5) is 0. The minimum atomic E-state index is 0.318. The van der Waals surface area contributed by atoms with Gasteiger partial charge in [0.15, 0.2) is 0 Å². The molecule has 16 heavy (non-hydrogen) atoms. The third kappa shape index (κ3) is 3.32. The summed E-state index contributed by atoms with van der Waals surface area (Å²) in [5, 5.41) is 3.56. The van der Waals surface area contributed by atoms with Crippen LogP contribution in [0.15, 0.2) is 24.3 Å². The van der Waals surface area contributed by atoms with Gasteiger partial charge in [0.2, 0.25) is 0 Å². The van der Waals surface area contributed by atoms with Gasteiger partial charge < -0.3 is 11.1 Å². The van der Waals surface area contributed by atoms with Gasteiger partial charge in [0, 0.05) is 12.6 Å². The van der Waals surface area contributed by atoms with Crippen LogP contribution >= 0.6 is 0 Å². The Hall–Kier alpha value is -0.860. The molecule has 2 nitrogen and oxygen atoms in total. The van der Waals surface area contributed by atoms with Crippen LogP contribution < -0.4 is 11.1 Å². The molecule has 1 saturated carbocycles. The fourth-order valence-electron chi connectivity index (χ4n) is 2.09. The van der Waals surface area contributed by atoms with Crippen LogP contribution in [0.1, 0.15) is 36.4 Å². The van der Waals surface area contributed by atoms with E-state index in [1.54, 1.807) is 0 Å². The molecule has 1 atom stereocenters. The van der Waals surface area contributed by atoms with Crippen LogP contribution in [0, 0.1) is 12.8 Å². The van der Waals surface area contributed by atoms with Crippen LogP contribution in [0.3, 0.4) is 0 Å². The molecule has 3 N–H and O–H groups in total. The highest BCUT2D eigenvalue weighted by Crippen LogP contribution is 2.31. The number of hydrogen-bond acceptors (Lipinski definition) is 2. The Morgan fingerprint density at radius 2 is 2.25 bits per heavy atom. The first-order valence-electron chi connectivity index (χ1n) is 6.29. The highest BCUT2D eigenvalue weighted by Gasteiger charge is 2.20. The van der Waals surface area contributed by atoms with Crippen molar-refractivity contribution in [1.29, 1.82) is 0 Å². The van der Waals surface area contributed by atoms with Crippen molar-refractivity contribution >= 4 is 0 Å². The summed E-state index contributed by atoms with van der Waals surface area (Å²) < 4.78 is 0. The molecule has 0 saturated heterocycles. The molecule has 1 fully saturated rings. The number of rotatable bonds is 6. The summed E-state index contributed by atoms with van der Waals surface area (Å²) in [5.74, 6) is 0.989. The molecule has 0 bridgehead atoms. The van der Waals surface area contributed by atoms with Crippen molar-refractivity contribution in [3.8, 4) is 0 Å². The SMILES string of the molecule is Cc1cccc(C(CN)NCCC2CC2)c1. The summed E-state index contributed by atoms with van der Waals surface area (Å²) in [6.45, 7) is 3.90. The molecule has 2 heteroatoms. The lowest BCUT2D eigenvalue weighted by molar-refractivity contribution is 0.516. The van der Waals surface area contributed by atoms with Gasteiger partial charge in [-0.05, 0) is 31.4 Å². The molecular weight excluding hydrogens is 196 g/mol. The number of aryl methyl sites for hydroxylation is 1. The lowest BCUT2D eigenvalue weighted by Gasteiger charge is -2.17. The van der Waals surface area contributed by atoms with Gasteiger partial charge in [-0.1, -0.05) is 42.7 Å².